The number of nitrogens with one attached hydrogen (secondary N) is 1. The summed E-state index contributed by atoms with van der Waals surface area (Å²) >= 11 is 5.90. The molecule has 1 fully saturated rings. The third kappa shape index (κ3) is 5.88. The van der Waals surface area contributed by atoms with Crippen molar-refractivity contribution >= 4 is 48.9 Å². The number of amides is 1. The number of carbonyl (C=O) groups excluding carboxylic acids is 1. The minimum absolute atomic E-state index is 0.0128. The number of hydrogen-bond donors (Lipinski definition) is 1. The molecule has 0 radical (unpaired) electrons. The fraction of sp³-hybridized carbons (Fsp3) is 0.208. The Morgan fingerprint density at radius 1 is 0.861 bits per heavy atom. The molecule has 12 heteroatoms. The minimum Gasteiger partial charge on any atom is -0.379 e. The Hall–Kier alpha value is -2.96. The van der Waals surface area contributed by atoms with E-state index in [4.69, 9.17) is 16.3 Å². The molecule has 1 heterocycles. The summed E-state index contributed by atoms with van der Waals surface area (Å²) in [6.07, 6.45) is 0. The number of nitrogens with zero attached hydrogens (tertiary/aromatic N) is 2. The number of morpholine rings is 1. The number of sulfonamides is 2. The van der Waals surface area contributed by atoms with Gasteiger partial charge in [-0.25, -0.2) is 16.8 Å². The molecule has 0 atom stereocenters. The van der Waals surface area contributed by atoms with E-state index in [1.54, 1.807) is 30.3 Å². The molecular formula is C24H24ClN3O6S2. The number of halogens is 1. The Labute approximate surface area is 215 Å². The Morgan fingerprint density at radius 2 is 1.44 bits per heavy atom. The largest absolute Gasteiger partial charge is 0.379 e. The maximum Gasteiger partial charge on any atom is 0.264 e. The van der Waals surface area contributed by atoms with E-state index >= 15 is 0 Å². The SMILES string of the molecule is O=C(CN(c1ccccc1)S(=O)(=O)c1ccc(Cl)cc1)Nc1ccc(S(=O)(=O)N2CCOCC2)cc1. The third-order valence-corrected chi connectivity index (χ3v) is 9.43. The minimum atomic E-state index is -4.08. The van der Waals surface area contributed by atoms with E-state index in [0.717, 1.165) is 4.31 Å². The maximum atomic E-state index is 13.4. The monoisotopic (exact) mass is 549 g/mol. The topological polar surface area (TPSA) is 113 Å². The van der Waals surface area contributed by atoms with Crippen LogP contribution in [0.5, 0.6) is 0 Å². The van der Waals surface area contributed by atoms with E-state index < -0.39 is 32.5 Å². The predicted molar refractivity (Wildman–Crippen MR) is 137 cm³/mol. The molecule has 0 bridgehead atoms. The number of hydrogen-bond acceptors (Lipinski definition) is 6. The molecule has 1 saturated heterocycles. The molecule has 1 aliphatic rings. The molecule has 3 aromatic rings. The molecule has 0 aliphatic carbocycles. The Balaban J connectivity index is 1.52. The molecule has 36 heavy (non-hydrogen) atoms. The zero-order valence-electron chi connectivity index (χ0n) is 19.1. The van der Waals surface area contributed by atoms with Crippen molar-refractivity contribution in [1.29, 1.82) is 0 Å². The number of carbonyl (C=O) groups is 1. The van der Waals surface area contributed by atoms with Crippen LogP contribution in [0.1, 0.15) is 0 Å². The van der Waals surface area contributed by atoms with Crippen LogP contribution in [-0.2, 0) is 29.6 Å². The first kappa shape index (κ1) is 26.1. The molecule has 0 spiro atoms. The van der Waals surface area contributed by atoms with Gasteiger partial charge in [0.2, 0.25) is 15.9 Å². The van der Waals surface area contributed by atoms with Gasteiger partial charge in [-0.2, -0.15) is 4.31 Å². The van der Waals surface area contributed by atoms with Gasteiger partial charge in [-0.15, -0.1) is 0 Å². The second-order valence-electron chi connectivity index (χ2n) is 7.89. The van der Waals surface area contributed by atoms with Crippen molar-refractivity contribution in [3.63, 3.8) is 0 Å². The van der Waals surface area contributed by atoms with Crippen LogP contribution in [0.25, 0.3) is 0 Å². The number of benzene rings is 3. The van der Waals surface area contributed by atoms with Crippen molar-refractivity contribution in [2.24, 2.45) is 0 Å². The van der Waals surface area contributed by atoms with E-state index in [0.29, 0.717) is 29.6 Å². The van der Waals surface area contributed by atoms with Gasteiger partial charge in [0.15, 0.2) is 0 Å². The van der Waals surface area contributed by atoms with Crippen molar-refractivity contribution in [1.82, 2.24) is 4.31 Å². The van der Waals surface area contributed by atoms with Gasteiger partial charge in [0.05, 0.1) is 28.7 Å². The van der Waals surface area contributed by atoms with Crippen molar-refractivity contribution in [3.8, 4) is 0 Å². The lowest BCUT2D eigenvalue weighted by molar-refractivity contribution is -0.114. The number of rotatable bonds is 8. The second-order valence-corrected chi connectivity index (χ2v) is 12.1. The van der Waals surface area contributed by atoms with Crippen molar-refractivity contribution < 1.29 is 26.4 Å². The number of para-hydroxylation sites is 1. The van der Waals surface area contributed by atoms with Crippen LogP contribution in [0.15, 0.2) is 88.7 Å². The van der Waals surface area contributed by atoms with Gasteiger partial charge < -0.3 is 10.1 Å². The van der Waals surface area contributed by atoms with Gasteiger partial charge in [-0.3, -0.25) is 9.10 Å². The highest BCUT2D eigenvalue weighted by molar-refractivity contribution is 7.92. The summed E-state index contributed by atoms with van der Waals surface area (Å²) in [6.45, 7) is 0.730. The smallest absolute Gasteiger partial charge is 0.264 e. The molecule has 0 saturated carbocycles. The fourth-order valence-corrected chi connectivity index (χ4v) is 6.58. The van der Waals surface area contributed by atoms with E-state index in [-0.39, 0.29) is 22.9 Å². The van der Waals surface area contributed by atoms with Crippen LogP contribution in [0.3, 0.4) is 0 Å². The van der Waals surface area contributed by atoms with E-state index in [1.165, 1.54) is 52.8 Å². The Bertz CT molecular complexity index is 1410. The number of ether oxygens (including phenoxy) is 1. The standard InChI is InChI=1S/C24H24ClN3O6S2/c25-19-6-10-23(11-7-19)36(32,33)28(21-4-2-1-3-5-21)18-24(29)26-20-8-12-22(13-9-20)35(30,31)27-14-16-34-17-15-27/h1-13H,14-18H2,(H,26,29). The zero-order chi connectivity index (χ0) is 25.8. The average molecular weight is 550 g/mol. The highest BCUT2D eigenvalue weighted by atomic mass is 35.5. The van der Waals surface area contributed by atoms with Gasteiger partial charge in [0.1, 0.15) is 6.54 Å². The average Bonchev–Trinajstić information content (AvgIpc) is 2.89. The van der Waals surface area contributed by atoms with E-state index in [2.05, 4.69) is 5.32 Å². The zero-order valence-corrected chi connectivity index (χ0v) is 21.5. The normalized spacial score (nSPS) is 14.8. The predicted octanol–water partition coefficient (Wildman–Crippen LogP) is 3.19. The molecule has 1 aliphatic heterocycles. The maximum absolute atomic E-state index is 13.4. The highest BCUT2D eigenvalue weighted by Crippen LogP contribution is 2.25. The van der Waals surface area contributed by atoms with Crippen LogP contribution >= 0.6 is 11.6 Å². The van der Waals surface area contributed by atoms with Gasteiger partial charge >= 0.3 is 0 Å². The molecule has 3 aromatic carbocycles. The summed E-state index contributed by atoms with van der Waals surface area (Å²) in [5, 5.41) is 3.02. The molecule has 1 amide bonds. The fourth-order valence-electron chi connectivity index (χ4n) is 3.62. The van der Waals surface area contributed by atoms with Crippen LogP contribution in [0.2, 0.25) is 5.02 Å². The van der Waals surface area contributed by atoms with Crippen molar-refractivity contribution in [2.75, 3.05) is 42.5 Å². The summed E-state index contributed by atoms with van der Waals surface area (Å²) in [7, 11) is -7.75. The van der Waals surface area contributed by atoms with Crippen LogP contribution < -0.4 is 9.62 Å². The summed E-state index contributed by atoms with van der Waals surface area (Å²) in [5.41, 5.74) is 0.646. The van der Waals surface area contributed by atoms with E-state index in [1.807, 2.05) is 0 Å². The molecule has 0 unspecified atom stereocenters. The van der Waals surface area contributed by atoms with Crippen LogP contribution in [0, 0.1) is 0 Å². The summed E-state index contributed by atoms with van der Waals surface area (Å²) in [6, 6.07) is 19.7. The highest BCUT2D eigenvalue weighted by Gasteiger charge is 2.28. The summed E-state index contributed by atoms with van der Waals surface area (Å²) in [5.74, 6) is -0.597. The molecule has 190 valence electrons. The first-order valence-electron chi connectivity index (χ1n) is 11.0. The van der Waals surface area contributed by atoms with Crippen molar-refractivity contribution in [2.45, 2.75) is 9.79 Å². The van der Waals surface area contributed by atoms with E-state index in [9.17, 15) is 21.6 Å². The molecule has 4 rings (SSSR count). The Morgan fingerprint density at radius 3 is 2.06 bits per heavy atom. The lowest BCUT2D eigenvalue weighted by Gasteiger charge is -2.26. The first-order chi connectivity index (χ1) is 17.2. The van der Waals surface area contributed by atoms with Gasteiger partial charge in [-0.1, -0.05) is 29.8 Å². The molecule has 1 N–H and O–H groups in total. The first-order valence-corrected chi connectivity index (χ1v) is 14.2. The van der Waals surface area contributed by atoms with Gasteiger partial charge in [0.25, 0.3) is 10.0 Å². The van der Waals surface area contributed by atoms with Gasteiger partial charge in [0, 0.05) is 23.8 Å². The number of anilines is 2. The quantitative estimate of drug-likeness (QED) is 0.462. The van der Waals surface area contributed by atoms with Gasteiger partial charge in [-0.05, 0) is 60.7 Å². The van der Waals surface area contributed by atoms with Crippen molar-refractivity contribution in [3.05, 3.63) is 83.9 Å². The summed E-state index contributed by atoms with van der Waals surface area (Å²) in [4.78, 5) is 13.0. The second kappa shape index (κ2) is 11.0. The summed E-state index contributed by atoms with van der Waals surface area (Å²) < 4.78 is 59.9. The molecule has 9 nitrogen and oxygen atoms in total. The molecule has 0 aromatic heterocycles. The lowest BCUT2D eigenvalue weighted by Crippen LogP contribution is -2.40. The Kier molecular flexibility index (Phi) is 7.96. The third-order valence-electron chi connectivity index (χ3n) is 5.48. The lowest BCUT2D eigenvalue weighted by atomic mass is 10.3. The van der Waals surface area contributed by atoms with Crippen LogP contribution in [-0.4, -0.2) is 59.9 Å². The molecular weight excluding hydrogens is 526 g/mol. The van der Waals surface area contributed by atoms with Crippen LogP contribution in [0.4, 0.5) is 11.4 Å².